The summed E-state index contributed by atoms with van der Waals surface area (Å²) in [5.41, 5.74) is 2.76. The average molecular weight is 216 g/mol. The van der Waals surface area contributed by atoms with Crippen molar-refractivity contribution in [2.24, 2.45) is 0 Å². The van der Waals surface area contributed by atoms with Crippen molar-refractivity contribution in [1.29, 1.82) is 0 Å². The number of aryl methyl sites for hydroxylation is 1. The molecule has 0 aromatic heterocycles. The standard InChI is InChI=1S/C14H16S/c1-12-6-8-14(9-7-12)13(2)15-10-4-3-5-11-15/h3-11,13H,1-2H3. The molecule has 2 atom stereocenters. The van der Waals surface area contributed by atoms with Gasteiger partial charge >= 0.3 is 0 Å². The van der Waals surface area contributed by atoms with Crippen LogP contribution in [0.25, 0.3) is 0 Å². The molecule has 0 bridgehead atoms. The van der Waals surface area contributed by atoms with Gasteiger partial charge in [-0.25, -0.2) is 0 Å². The molecule has 1 heterocycles. The minimum Gasteiger partial charge on any atom is -0.155 e. The van der Waals surface area contributed by atoms with Gasteiger partial charge in [0.2, 0.25) is 0 Å². The predicted molar refractivity (Wildman–Crippen MR) is 71.5 cm³/mol. The van der Waals surface area contributed by atoms with Gasteiger partial charge in [0, 0.05) is 5.25 Å². The lowest BCUT2D eigenvalue weighted by atomic mass is 10.1. The van der Waals surface area contributed by atoms with E-state index in [1.54, 1.807) is 0 Å². The third-order valence-electron chi connectivity index (χ3n) is 2.65. The average Bonchev–Trinajstić information content (AvgIpc) is 2.30. The predicted octanol–water partition coefficient (Wildman–Crippen LogP) is 4.21. The lowest BCUT2D eigenvalue weighted by molar-refractivity contribution is 1.10. The summed E-state index contributed by atoms with van der Waals surface area (Å²) in [5, 5.41) is 5.18. The maximum atomic E-state index is 2.30. The summed E-state index contributed by atoms with van der Waals surface area (Å²) in [4.78, 5) is 0. The van der Waals surface area contributed by atoms with Crippen LogP contribution in [0.1, 0.15) is 23.3 Å². The van der Waals surface area contributed by atoms with Crippen molar-refractivity contribution in [2.45, 2.75) is 19.1 Å². The van der Waals surface area contributed by atoms with Gasteiger partial charge in [-0.15, -0.1) is 0 Å². The molecule has 0 aliphatic carbocycles. The SMILES string of the molecule is Cc1ccc(C(C)S2=CC=CC=C2)cc1. The van der Waals surface area contributed by atoms with Crippen LogP contribution in [0.3, 0.4) is 0 Å². The van der Waals surface area contributed by atoms with Gasteiger partial charge in [0.25, 0.3) is 0 Å². The lowest BCUT2D eigenvalue weighted by Crippen LogP contribution is -1.91. The highest BCUT2D eigenvalue weighted by molar-refractivity contribution is 8.17. The summed E-state index contributed by atoms with van der Waals surface area (Å²) in [6, 6.07) is 8.87. The maximum Gasteiger partial charge on any atom is 0.0257 e. The highest BCUT2D eigenvalue weighted by atomic mass is 32.2. The Balaban J connectivity index is 2.24. The van der Waals surface area contributed by atoms with Crippen LogP contribution in [-0.2, 0) is 0 Å². The largest absolute Gasteiger partial charge is 0.155 e. The Bertz CT molecular complexity index is 421. The fourth-order valence-corrected chi connectivity index (χ4v) is 3.19. The summed E-state index contributed by atoms with van der Waals surface area (Å²) in [7, 11) is 0.261. The van der Waals surface area contributed by atoms with Crippen molar-refractivity contribution in [2.75, 3.05) is 0 Å². The van der Waals surface area contributed by atoms with E-state index in [-0.39, 0.29) is 10.5 Å². The second-order valence-corrected chi connectivity index (χ2v) is 5.88. The molecular weight excluding hydrogens is 200 g/mol. The minimum absolute atomic E-state index is 0.261. The summed E-state index contributed by atoms with van der Waals surface area (Å²) in [6.45, 7) is 4.43. The minimum atomic E-state index is 0.261. The molecule has 78 valence electrons. The quantitative estimate of drug-likeness (QED) is 0.650. The molecule has 1 aromatic rings. The van der Waals surface area contributed by atoms with E-state index in [9.17, 15) is 0 Å². The van der Waals surface area contributed by atoms with E-state index in [2.05, 4.69) is 67.1 Å². The van der Waals surface area contributed by atoms with E-state index in [0.29, 0.717) is 5.25 Å². The highest BCUT2D eigenvalue weighted by Gasteiger charge is 2.07. The van der Waals surface area contributed by atoms with Crippen molar-refractivity contribution in [3.8, 4) is 0 Å². The molecular formula is C14H16S. The molecule has 1 aliphatic rings. The van der Waals surface area contributed by atoms with E-state index < -0.39 is 0 Å². The molecule has 0 fully saturated rings. The van der Waals surface area contributed by atoms with Crippen LogP contribution in [-0.4, -0.2) is 5.37 Å². The van der Waals surface area contributed by atoms with Crippen LogP contribution in [0.5, 0.6) is 0 Å². The van der Waals surface area contributed by atoms with Crippen LogP contribution >= 0.6 is 10.5 Å². The van der Waals surface area contributed by atoms with Crippen molar-refractivity contribution in [3.05, 3.63) is 59.0 Å². The highest BCUT2D eigenvalue weighted by Crippen LogP contribution is 2.36. The van der Waals surface area contributed by atoms with Gasteiger partial charge in [-0.1, -0.05) is 48.1 Å². The Hall–Kier alpha value is -1.08. The first-order valence-corrected chi connectivity index (χ1v) is 6.64. The van der Waals surface area contributed by atoms with Crippen LogP contribution in [0.2, 0.25) is 0 Å². The Morgan fingerprint density at radius 3 is 2.33 bits per heavy atom. The maximum absolute atomic E-state index is 2.30. The number of hydrogen-bond donors (Lipinski definition) is 0. The van der Waals surface area contributed by atoms with Gasteiger partial charge in [0.1, 0.15) is 0 Å². The molecule has 2 unspecified atom stereocenters. The van der Waals surface area contributed by atoms with Gasteiger partial charge < -0.3 is 0 Å². The zero-order chi connectivity index (χ0) is 10.7. The first kappa shape index (κ1) is 10.4. The Morgan fingerprint density at radius 2 is 1.73 bits per heavy atom. The fraction of sp³-hybridized carbons (Fsp3) is 0.214. The summed E-state index contributed by atoms with van der Waals surface area (Å²) in [5.74, 6) is 0. The summed E-state index contributed by atoms with van der Waals surface area (Å²) in [6.07, 6.45) is 6.38. The van der Waals surface area contributed by atoms with Crippen molar-refractivity contribution in [1.82, 2.24) is 0 Å². The van der Waals surface area contributed by atoms with Crippen molar-refractivity contribution in [3.63, 3.8) is 0 Å². The molecule has 0 nitrogen and oxygen atoms in total. The van der Waals surface area contributed by atoms with Gasteiger partial charge in [-0.2, -0.15) is 10.5 Å². The molecule has 0 saturated carbocycles. The molecule has 0 spiro atoms. The van der Waals surface area contributed by atoms with Crippen LogP contribution in [0.4, 0.5) is 0 Å². The Morgan fingerprint density at radius 1 is 1.00 bits per heavy atom. The van der Waals surface area contributed by atoms with Crippen LogP contribution < -0.4 is 0 Å². The first-order valence-electron chi connectivity index (χ1n) is 5.23. The number of hydrogen-bond acceptors (Lipinski definition) is 0. The smallest absolute Gasteiger partial charge is 0.0257 e. The number of allylic oxidation sites excluding steroid dienone is 3. The Kier molecular flexibility index (Phi) is 3.22. The van der Waals surface area contributed by atoms with Gasteiger partial charge in [-0.3, -0.25) is 0 Å². The van der Waals surface area contributed by atoms with E-state index in [1.807, 2.05) is 0 Å². The molecule has 0 amide bonds. The van der Waals surface area contributed by atoms with Gasteiger partial charge in [-0.05, 0) is 30.2 Å². The van der Waals surface area contributed by atoms with Gasteiger partial charge in [0.05, 0.1) is 0 Å². The monoisotopic (exact) mass is 216 g/mol. The van der Waals surface area contributed by atoms with E-state index in [4.69, 9.17) is 0 Å². The van der Waals surface area contributed by atoms with E-state index >= 15 is 0 Å². The molecule has 1 aromatic carbocycles. The third-order valence-corrected chi connectivity index (χ3v) is 4.68. The van der Waals surface area contributed by atoms with Crippen molar-refractivity contribution < 1.29 is 0 Å². The van der Waals surface area contributed by atoms with E-state index in [1.165, 1.54) is 11.1 Å². The van der Waals surface area contributed by atoms with E-state index in [0.717, 1.165) is 0 Å². The van der Waals surface area contributed by atoms with Gasteiger partial charge in [0.15, 0.2) is 0 Å². The second kappa shape index (κ2) is 4.63. The lowest BCUT2D eigenvalue weighted by Gasteiger charge is -2.15. The number of rotatable bonds is 2. The number of benzene rings is 1. The Labute approximate surface area is 94.3 Å². The molecule has 1 aliphatic heterocycles. The van der Waals surface area contributed by atoms with Crippen molar-refractivity contribution >= 4 is 15.9 Å². The molecule has 0 saturated heterocycles. The van der Waals surface area contributed by atoms with Crippen LogP contribution in [0.15, 0.2) is 47.9 Å². The normalized spacial score (nSPS) is 21.1. The second-order valence-electron chi connectivity index (χ2n) is 3.81. The molecule has 2 rings (SSSR count). The van der Waals surface area contributed by atoms with Crippen LogP contribution in [0, 0.1) is 6.92 Å². The molecule has 0 radical (unpaired) electrons. The molecule has 1 heteroatoms. The topological polar surface area (TPSA) is 0 Å². The summed E-state index contributed by atoms with van der Waals surface area (Å²) < 4.78 is 0. The fourth-order valence-electron chi connectivity index (χ4n) is 1.61. The third kappa shape index (κ3) is 2.48. The summed E-state index contributed by atoms with van der Waals surface area (Å²) >= 11 is 0. The zero-order valence-electron chi connectivity index (χ0n) is 9.18. The zero-order valence-corrected chi connectivity index (χ0v) is 10.00. The first-order chi connectivity index (χ1) is 7.27. The molecule has 15 heavy (non-hydrogen) atoms. The molecule has 0 N–H and O–H groups in total.